The molecule has 0 bridgehead atoms. The molecule has 0 saturated carbocycles. The van der Waals surface area contributed by atoms with Gasteiger partial charge in [0.2, 0.25) is 11.8 Å². The van der Waals surface area contributed by atoms with Crippen molar-refractivity contribution >= 4 is 22.8 Å². The summed E-state index contributed by atoms with van der Waals surface area (Å²) in [4.78, 5) is 36.1. The van der Waals surface area contributed by atoms with Crippen LogP contribution in [0.5, 0.6) is 0 Å². The third-order valence-corrected chi connectivity index (χ3v) is 3.83. The molecule has 0 radical (unpaired) electrons. The summed E-state index contributed by atoms with van der Waals surface area (Å²) >= 11 is 0. The molecule has 0 fully saturated rings. The van der Waals surface area contributed by atoms with Gasteiger partial charge in [-0.2, -0.15) is 0 Å². The Kier molecular flexibility index (Phi) is 6.38. The third kappa shape index (κ3) is 4.71. The number of fused-ring (bicyclic) bond motifs is 1. The van der Waals surface area contributed by atoms with Gasteiger partial charge in [-0.3, -0.25) is 18.7 Å². The summed E-state index contributed by atoms with van der Waals surface area (Å²) in [5.41, 5.74) is 1.60. The molecule has 2 rings (SSSR count). The van der Waals surface area contributed by atoms with Gasteiger partial charge in [0, 0.05) is 25.6 Å². The molecular formula is C18H26N4O3. The van der Waals surface area contributed by atoms with Crippen molar-refractivity contribution in [2.75, 3.05) is 6.54 Å². The lowest BCUT2D eigenvalue weighted by Crippen LogP contribution is -2.40. The van der Waals surface area contributed by atoms with Gasteiger partial charge in [-0.1, -0.05) is 19.1 Å². The number of carbonyl (C=O) groups is 2. The molecular weight excluding hydrogens is 320 g/mol. The van der Waals surface area contributed by atoms with Gasteiger partial charge in [-0.05, 0) is 32.4 Å². The molecule has 25 heavy (non-hydrogen) atoms. The van der Waals surface area contributed by atoms with Crippen LogP contribution in [-0.2, 0) is 22.7 Å². The number of nitrogens with one attached hydrogen (secondary N) is 2. The number of benzene rings is 1. The summed E-state index contributed by atoms with van der Waals surface area (Å²) in [7, 11) is 0. The van der Waals surface area contributed by atoms with Crippen molar-refractivity contribution in [2.45, 2.75) is 52.7 Å². The molecule has 0 unspecified atom stereocenters. The van der Waals surface area contributed by atoms with Crippen molar-refractivity contribution in [1.29, 1.82) is 0 Å². The molecule has 0 saturated heterocycles. The van der Waals surface area contributed by atoms with E-state index in [4.69, 9.17) is 0 Å². The van der Waals surface area contributed by atoms with Crippen LogP contribution in [0.2, 0.25) is 0 Å². The van der Waals surface area contributed by atoms with E-state index in [-0.39, 0.29) is 43.1 Å². The highest BCUT2D eigenvalue weighted by molar-refractivity contribution is 5.84. The maximum absolute atomic E-state index is 12.6. The number of nitrogens with zero attached hydrogens (tertiary/aromatic N) is 2. The maximum atomic E-state index is 12.6. The Morgan fingerprint density at radius 2 is 1.64 bits per heavy atom. The topological polar surface area (TPSA) is 85.1 Å². The van der Waals surface area contributed by atoms with E-state index in [1.807, 2.05) is 45.0 Å². The zero-order valence-corrected chi connectivity index (χ0v) is 15.0. The summed E-state index contributed by atoms with van der Waals surface area (Å²) in [6.07, 6.45) is 1.01. The summed E-state index contributed by atoms with van der Waals surface area (Å²) in [5, 5.41) is 5.29. The minimum Gasteiger partial charge on any atom is -0.352 e. The van der Waals surface area contributed by atoms with E-state index >= 15 is 0 Å². The van der Waals surface area contributed by atoms with Crippen molar-refractivity contribution in [3.8, 4) is 0 Å². The van der Waals surface area contributed by atoms with Gasteiger partial charge in [0.15, 0.2) is 0 Å². The van der Waals surface area contributed by atoms with Gasteiger partial charge in [0.1, 0.15) is 0 Å². The van der Waals surface area contributed by atoms with Crippen molar-refractivity contribution in [1.82, 2.24) is 19.8 Å². The Morgan fingerprint density at radius 3 is 2.20 bits per heavy atom. The van der Waals surface area contributed by atoms with E-state index in [9.17, 15) is 14.4 Å². The molecule has 0 atom stereocenters. The first-order valence-corrected chi connectivity index (χ1v) is 8.68. The van der Waals surface area contributed by atoms with Crippen LogP contribution in [0.3, 0.4) is 0 Å². The second-order valence-corrected chi connectivity index (χ2v) is 6.32. The fourth-order valence-corrected chi connectivity index (χ4v) is 2.78. The predicted molar refractivity (Wildman–Crippen MR) is 97.4 cm³/mol. The normalized spacial score (nSPS) is 11.0. The number of aromatic nitrogens is 2. The summed E-state index contributed by atoms with van der Waals surface area (Å²) < 4.78 is 3.36. The molecule has 7 heteroatoms. The van der Waals surface area contributed by atoms with Crippen molar-refractivity contribution in [3.05, 3.63) is 34.7 Å². The first-order chi connectivity index (χ1) is 11.9. The molecule has 2 amide bonds. The molecule has 136 valence electrons. The minimum atomic E-state index is -0.252. The SMILES string of the molecule is CCCn1c(=O)n(CCC(=O)NCC(=O)NC(C)C)c2ccccc21. The molecule has 0 aliphatic rings. The Bertz CT molecular complexity index is 804. The fraction of sp³-hybridized carbons (Fsp3) is 0.500. The van der Waals surface area contributed by atoms with Gasteiger partial charge in [-0.15, -0.1) is 0 Å². The third-order valence-electron chi connectivity index (χ3n) is 3.83. The van der Waals surface area contributed by atoms with E-state index < -0.39 is 0 Å². The van der Waals surface area contributed by atoms with Crippen LogP contribution in [0, 0.1) is 0 Å². The van der Waals surface area contributed by atoms with Gasteiger partial charge in [0.05, 0.1) is 17.6 Å². The van der Waals surface area contributed by atoms with Crippen LogP contribution in [0.1, 0.15) is 33.6 Å². The summed E-state index contributed by atoms with van der Waals surface area (Å²) in [5.74, 6) is -0.474. The lowest BCUT2D eigenvalue weighted by atomic mass is 10.3. The molecule has 1 aromatic heterocycles. The molecule has 1 heterocycles. The fourth-order valence-electron chi connectivity index (χ4n) is 2.78. The highest BCUT2D eigenvalue weighted by Gasteiger charge is 2.13. The molecule has 1 aromatic carbocycles. The van der Waals surface area contributed by atoms with E-state index in [1.54, 1.807) is 9.13 Å². The number of carbonyl (C=O) groups excluding carboxylic acids is 2. The van der Waals surface area contributed by atoms with Gasteiger partial charge in [-0.25, -0.2) is 4.79 Å². The Hall–Kier alpha value is -2.57. The maximum Gasteiger partial charge on any atom is 0.329 e. The average molecular weight is 346 g/mol. The van der Waals surface area contributed by atoms with Crippen LogP contribution >= 0.6 is 0 Å². The van der Waals surface area contributed by atoms with Crippen LogP contribution in [-0.4, -0.2) is 33.5 Å². The molecule has 0 aliphatic heterocycles. The summed E-state index contributed by atoms with van der Waals surface area (Å²) in [6, 6.07) is 7.62. The van der Waals surface area contributed by atoms with E-state index in [0.29, 0.717) is 6.54 Å². The van der Waals surface area contributed by atoms with E-state index in [2.05, 4.69) is 10.6 Å². The molecule has 7 nitrogen and oxygen atoms in total. The number of hydrogen-bond donors (Lipinski definition) is 2. The van der Waals surface area contributed by atoms with Gasteiger partial charge >= 0.3 is 5.69 Å². The highest BCUT2D eigenvalue weighted by Crippen LogP contribution is 2.13. The highest BCUT2D eigenvalue weighted by atomic mass is 16.2. The van der Waals surface area contributed by atoms with E-state index in [0.717, 1.165) is 17.5 Å². The molecule has 0 spiro atoms. The van der Waals surface area contributed by atoms with Gasteiger partial charge in [0.25, 0.3) is 0 Å². The molecule has 2 aromatic rings. The summed E-state index contributed by atoms with van der Waals surface area (Å²) in [6.45, 7) is 6.62. The van der Waals surface area contributed by atoms with Crippen molar-refractivity contribution < 1.29 is 9.59 Å². The number of imidazole rings is 1. The smallest absolute Gasteiger partial charge is 0.329 e. The zero-order chi connectivity index (χ0) is 18.4. The quantitative estimate of drug-likeness (QED) is 0.754. The van der Waals surface area contributed by atoms with Crippen LogP contribution in [0.25, 0.3) is 11.0 Å². The van der Waals surface area contributed by atoms with Gasteiger partial charge < -0.3 is 10.6 Å². The molecule has 0 aliphatic carbocycles. The zero-order valence-electron chi connectivity index (χ0n) is 15.0. The minimum absolute atomic E-state index is 0.0349. The monoisotopic (exact) mass is 346 g/mol. The Labute approximate surface area is 147 Å². The average Bonchev–Trinajstić information content (AvgIpc) is 2.83. The first-order valence-electron chi connectivity index (χ1n) is 8.68. The number of amides is 2. The van der Waals surface area contributed by atoms with Crippen LogP contribution in [0.15, 0.2) is 29.1 Å². The van der Waals surface area contributed by atoms with Crippen LogP contribution in [0.4, 0.5) is 0 Å². The Balaban J connectivity index is 2.03. The lowest BCUT2D eigenvalue weighted by Gasteiger charge is -2.09. The van der Waals surface area contributed by atoms with E-state index in [1.165, 1.54) is 0 Å². The number of hydrogen-bond acceptors (Lipinski definition) is 3. The van der Waals surface area contributed by atoms with Crippen LogP contribution < -0.4 is 16.3 Å². The second-order valence-electron chi connectivity index (χ2n) is 6.32. The lowest BCUT2D eigenvalue weighted by molar-refractivity contribution is -0.126. The standard InChI is InChI=1S/C18H26N4O3/c1-4-10-21-14-7-5-6-8-15(14)22(18(21)25)11-9-16(23)19-12-17(24)20-13(2)3/h5-8,13H,4,9-12H2,1-3H3,(H,19,23)(H,20,24). The predicted octanol–water partition coefficient (Wildman–Crippen LogP) is 1.24. The first kappa shape index (κ1) is 18.8. The van der Waals surface area contributed by atoms with Crippen molar-refractivity contribution in [3.63, 3.8) is 0 Å². The molecule has 2 N–H and O–H groups in total. The number of para-hydroxylation sites is 2. The Morgan fingerprint density at radius 1 is 1.04 bits per heavy atom. The number of rotatable bonds is 8. The number of aryl methyl sites for hydroxylation is 2. The second kappa shape index (κ2) is 8.50. The largest absolute Gasteiger partial charge is 0.352 e. The van der Waals surface area contributed by atoms with Crippen molar-refractivity contribution in [2.24, 2.45) is 0 Å².